The lowest BCUT2D eigenvalue weighted by Crippen LogP contribution is -2.25. The minimum absolute atomic E-state index is 0.239. The smallest absolute Gasteiger partial charge is 0.0662 e. The molecule has 1 heterocycles. The first kappa shape index (κ1) is 10.2. The number of hydrogen-bond donors (Lipinski definition) is 2. The van der Waals surface area contributed by atoms with Crippen molar-refractivity contribution in [3.8, 4) is 0 Å². The van der Waals surface area contributed by atoms with E-state index in [1.807, 2.05) is 25.3 Å². The van der Waals surface area contributed by atoms with Crippen molar-refractivity contribution in [1.29, 1.82) is 0 Å². The second kappa shape index (κ2) is 5.67. The van der Waals surface area contributed by atoms with Gasteiger partial charge in [0.05, 0.1) is 6.10 Å². The van der Waals surface area contributed by atoms with Gasteiger partial charge in [-0.3, -0.25) is 4.98 Å². The molecule has 1 atom stereocenters. The molecule has 2 N–H and O–H groups in total. The third-order valence-corrected chi connectivity index (χ3v) is 1.90. The summed E-state index contributed by atoms with van der Waals surface area (Å²) >= 11 is 0. The normalized spacial score (nSPS) is 12.8. The monoisotopic (exact) mass is 180 g/mol. The molecule has 1 aromatic heterocycles. The Morgan fingerprint density at radius 2 is 2.46 bits per heavy atom. The maximum Gasteiger partial charge on any atom is 0.0662 e. The highest BCUT2D eigenvalue weighted by Crippen LogP contribution is 1.94. The van der Waals surface area contributed by atoms with Crippen molar-refractivity contribution >= 4 is 0 Å². The van der Waals surface area contributed by atoms with Crippen LogP contribution < -0.4 is 5.32 Å². The van der Waals surface area contributed by atoms with Crippen LogP contribution in [0.1, 0.15) is 18.9 Å². The van der Waals surface area contributed by atoms with Crippen molar-refractivity contribution in [2.45, 2.75) is 26.0 Å². The molecule has 3 heteroatoms. The van der Waals surface area contributed by atoms with Crippen molar-refractivity contribution in [2.24, 2.45) is 0 Å². The third-order valence-electron chi connectivity index (χ3n) is 1.90. The van der Waals surface area contributed by atoms with Crippen LogP contribution in [0.5, 0.6) is 0 Å². The molecular weight excluding hydrogens is 164 g/mol. The molecular formula is C10H16N2O. The molecule has 0 amide bonds. The molecule has 0 aliphatic rings. The lowest BCUT2D eigenvalue weighted by Gasteiger charge is -2.08. The third kappa shape index (κ3) is 4.01. The predicted octanol–water partition coefficient (Wildman–Crippen LogP) is 0.942. The predicted molar refractivity (Wildman–Crippen MR) is 52.2 cm³/mol. The van der Waals surface area contributed by atoms with Crippen LogP contribution >= 0.6 is 0 Å². The van der Waals surface area contributed by atoms with Crippen LogP contribution in [-0.2, 0) is 6.54 Å². The van der Waals surface area contributed by atoms with E-state index in [1.165, 1.54) is 0 Å². The zero-order valence-corrected chi connectivity index (χ0v) is 7.90. The topological polar surface area (TPSA) is 45.1 Å². The molecule has 1 unspecified atom stereocenters. The Morgan fingerprint density at radius 1 is 1.62 bits per heavy atom. The van der Waals surface area contributed by atoms with Crippen molar-refractivity contribution in [2.75, 3.05) is 6.54 Å². The van der Waals surface area contributed by atoms with E-state index in [1.54, 1.807) is 6.20 Å². The molecule has 0 saturated carbocycles. The van der Waals surface area contributed by atoms with Gasteiger partial charge in [0.15, 0.2) is 0 Å². The Morgan fingerprint density at radius 3 is 3.08 bits per heavy atom. The average Bonchev–Trinajstić information content (AvgIpc) is 2.19. The Bertz CT molecular complexity index is 226. The number of aromatic nitrogens is 1. The van der Waals surface area contributed by atoms with Gasteiger partial charge in [0, 0.05) is 25.5 Å². The minimum Gasteiger partial charge on any atom is -0.392 e. The van der Waals surface area contributed by atoms with Crippen molar-refractivity contribution in [3.63, 3.8) is 0 Å². The zero-order valence-electron chi connectivity index (χ0n) is 7.90. The van der Waals surface area contributed by atoms with Crippen LogP contribution in [0.2, 0.25) is 0 Å². The number of nitrogens with one attached hydrogen (secondary N) is 1. The molecule has 0 radical (unpaired) electrons. The first-order valence-corrected chi connectivity index (χ1v) is 4.60. The van der Waals surface area contributed by atoms with Gasteiger partial charge in [0.25, 0.3) is 0 Å². The van der Waals surface area contributed by atoms with Gasteiger partial charge in [-0.15, -0.1) is 0 Å². The molecule has 0 aliphatic heterocycles. The second-order valence-corrected chi connectivity index (χ2v) is 3.05. The van der Waals surface area contributed by atoms with Crippen LogP contribution in [0.3, 0.4) is 0 Å². The quantitative estimate of drug-likeness (QED) is 0.709. The molecule has 1 aromatic rings. The largest absolute Gasteiger partial charge is 0.392 e. The molecule has 0 aromatic carbocycles. The van der Waals surface area contributed by atoms with Gasteiger partial charge >= 0.3 is 0 Å². The van der Waals surface area contributed by atoms with Gasteiger partial charge in [-0.2, -0.15) is 0 Å². The number of aliphatic hydroxyl groups is 1. The second-order valence-electron chi connectivity index (χ2n) is 3.05. The van der Waals surface area contributed by atoms with Crippen LogP contribution in [0, 0.1) is 0 Å². The summed E-state index contributed by atoms with van der Waals surface area (Å²) in [5, 5.41) is 12.4. The summed E-state index contributed by atoms with van der Waals surface area (Å²) in [4.78, 5) is 4.00. The average molecular weight is 180 g/mol. The van der Waals surface area contributed by atoms with Crippen molar-refractivity contribution in [1.82, 2.24) is 10.3 Å². The maximum absolute atomic E-state index is 9.26. The van der Waals surface area contributed by atoms with E-state index in [0.717, 1.165) is 18.5 Å². The van der Waals surface area contributed by atoms with Gasteiger partial charge in [-0.1, -0.05) is 13.0 Å². The van der Waals surface area contributed by atoms with Crippen LogP contribution in [-0.4, -0.2) is 22.7 Å². The van der Waals surface area contributed by atoms with E-state index in [0.29, 0.717) is 6.54 Å². The first-order valence-electron chi connectivity index (χ1n) is 4.60. The number of rotatable bonds is 5. The lowest BCUT2D eigenvalue weighted by molar-refractivity contribution is 0.167. The fourth-order valence-electron chi connectivity index (χ4n) is 1.03. The molecule has 0 fully saturated rings. The highest BCUT2D eigenvalue weighted by Gasteiger charge is 1.98. The highest BCUT2D eigenvalue weighted by atomic mass is 16.3. The van der Waals surface area contributed by atoms with E-state index in [-0.39, 0.29) is 6.10 Å². The Labute approximate surface area is 78.8 Å². The lowest BCUT2D eigenvalue weighted by atomic mass is 10.2. The van der Waals surface area contributed by atoms with Crippen LogP contribution in [0.25, 0.3) is 0 Å². The molecule has 13 heavy (non-hydrogen) atoms. The Hall–Kier alpha value is -0.930. The molecule has 0 aliphatic carbocycles. The summed E-state index contributed by atoms with van der Waals surface area (Å²) in [5.41, 5.74) is 1.14. The standard InChI is InChI=1S/C10H16N2O/c1-2-10(13)8-12-7-9-4-3-5-11-6-9/h3-6,10,12-13H,2,7-8H2,1H3. The number of nitrogens with zero attached hydrogens (tertiary/aromatic N) is 1. The van der Waals surface area contributed by atoms with Crippen LogP contribution in [0.15, 0.2) is 24.5 Å². The van der Waals surface area contributed by atoms with E-state index < -0.39 is 0 Å². The summed E-state index contributed by atoms with van der Waals surface area (Å²) in [6.07, 6.45) is 4.13. The van der Waals surface area contributed by atoms with E-state index >= 15 is 0 Å². The molecule has 72 valence electrons. The molecule has 0 bridgehead atoms. The summed E-state index contributed by atoms with van der Waals surface area (Å²) in [6.45, 7) is 3.38. The number of hydrogen-bond acceptors (Lipinski definition) is 3. The maximum atomic E-state index is 9.26. The fourth-order valence-corrected chi connectivity index (χ4v) is 1.03. The SMILES string of the molecule is CCC(O)CNCc1cccnc1. The number of pyridine rings is 1. The summed E-state index contributed by atoms with van der Waals surface area (Å²) in [7, 11) is 0. The van der Waals surface area contributed by atoms with Gasteiger partial charge in [-0.25, -0.2) is 0 Å². The summed E-state index contributed by atoms with van der Waals surface area (Å²) in [5.74, 6) is 0. The van der Waals surface area contributed by atoms with E-state index in [9.17, 15) is 5.11 Å². The summed E-state index contributed by atoms with van der Waals surface area (Å²) < 4.78 is 0. The van der Waals surface area contributed by atoms with E-state index in [2.05, 4.69) is 10.3 Å². The van der Waals surface area contributed by atoms with Gasteiger partial charge in [0.1, 0.15) is 0 Å². The van der Waals surface area contributed by atoms with Crippen molar-refractivity contribution < 1.29 is 5.11 Å². The molecule has 1 rings (SSSR count). The Kier molecular flexibility index (Phi) is 4.43. The molecule has 0 saturated heterocycles. The van der Waals surface area contributed by atoms with E-state index in [4.69, 9.17) is 0 Å². The molecule has 0 spiro atoms. The van der Waals surface area contributed by atoms with Crippen LogP contribution in [0.4, 0.5) is 0 Å². The van der Waals surface area contributed by atoms with Gasteiger partial charge < -0.3 is 10.4 Å². The summed E-state index contributed by atoms with van der Waals surface area (Å²) in [6, 6.07) is 3.92. The zero-order chi connectivity index (χ0) is 9.52. The van der Waals surface area contributed by atoms with Gasteiger partial charge in [-0.05, 0) is 18.1 Å². The Balaban J connectivity index is 2.20. The minimum atomic E-state index is -0.239. The van der Waals surface area contributed by atoms with Crippen molar-refractivity contribution in [3.05, 3.63) is 30.1 Å². The highest BCUT2D eigenvalue weighted by molar-refractivity contribution is 5.07. The first-order chi connectivity index (χ1) is 6.33. The number of aliphatic hydroxyl groups excluding tert-OH is 1. The molecule has 3 nitrogen and oxygen atoms in total. The fraction of sp³-hybridized carbons (Fsp3) is 0.500. The van der Waals surface area contributed by atoms with Gasteiger partial charge in [0.2, 0.25) is 0 Å².